The largest absolute Gasteiger partial charge is 0.459 e. The number of thiophene rings is 1. The predicted octanol–water partition coefficient (Wildman–Crippen LogP) is 8.62. The van der Waals surface area contributed by atoms with E-state index in [1.165, 1.54) is 16.2 Å². The van der Waals surface area contributed by atoms with E-state index in [1.54, 1.807) is 0 Å². The summed E-state index contributed by atoms with van der Waals surface area (Å²) in [6, 6.07) is 12.2. The van der Waals surface area contributed by atoms with Crippen LogP contribution in [-0.2, 0) is 11.2 Å². The first-order chi connectivity index (χ1) is 16.2. The maximum atomic E-state index is 12.1. The van der Waals surface area contributed by atoms with E-state index < -0.39 is 10.4 Å². The molecule has 34 heavy (non-hydrogen) atoms. The molecule has 3 atom stereocenters. The van der Waals surface area contributed by atoms with E-state index in [-0.39, 0.29) is 18.0 Å². The molecule has 0 bridgehead atoms. The first-order valence-corrected chi connectivity index (χ1v) is 14.2. The van der Waals surface area contributed by atoms with Crippen molar-refractivity contribution in [3.63, 3.8) is 0 Å². The Balaban J connectivity index is 1.58. The van der Waals surface area contributed by atoms with Crippen LogP contribution in [0.5, 0.6) is 0 Å². The molecular weight excluding hydrogens is 487 g/mol. The number of esters is 1. The summed E-state index contributed by atoms with van der Waals surface area (Å²) in [5.74, 6) is 0.262. The van der Waals surface area contributed by atoms with Gasteiger partial charge in [0.1, 0.15) is 9.21 Å². The fraction of sp³-hybridized carbons (Fsp3) is 0.607. The van der Waals surface area contributed by atoms with Crippen LogP contribution in [0.1, 0.15) is 110 Å². The van der Waals surface area contributed by atoms with Crippen molar-refractivity contribution in [2.75, 3.05) is 0 Å². The van der Waals surface area contributed by atoms with Crippen molar-refractivity contribution >= 4 is 40.5 Å². The number of ether oxygens (including phenoxy) is 1. The summed E-state index contributed by atoms with van der Waals surface area (Å²) in [6.45, 7) is 5.90. The van der Waals surface area contributed by atoms with Crippen LogP contribution >= 0.6 is 34.5 Å². The highest BCUT2D eigenvalue weighted by Gasteiger charge is 2.46. The summed E-state index contributed by atoms with van der Waals surface area (Å²) in [6.07, 6.45) is 8.42. The molecule has 0 amide bonds. The standard InChI is InChI=1S/C28H38Cl2O3S/c1-4-5-6-10-24(31)20-11-13-22(14-12-20)26-21(17-18-28(26,29)30)8-7-9-23-15-16-25(34-23)27(32)33-19(2)3/h11-16,19,21,24,26,31H,4-10,17-18H2,1-3H3/t21-,24?,26-/m0/s1. The summed E-state index contributed by atoms with van der Waals surface area (Å²) < 4.78 is 4.53. The number of halogens is 2. The van der Waals surface area contributed by atoms with Crippen LogP contribution in [0.3, 0.4) is 0 Å². The number of unbranched alkanes of at least 4 members (excludes halogenated alkanes) is 2. The van der Waals surface area contributed by atoms with E-state index in [0.717, 1.165) is 68.9 Å². The third kappa shape index (κ3) is 7.46. The molecule has 6 heteroatoms. The Bertz CT molecular complexity index is 907. The predicted molar refractivity (Wildman–Crippen MR) is 143 cm³/mol. The highest BCUT2D eigenvalue weighted by molar-refractivity contribution is 7.13. The second-order valence-electron chi connectivity index (χ2n) is 9.83. The topological polar surface area (TPSA) is 46.5 Å². The molecule has 1 aromatic carbocycles. The van der Waals surface area contributed by atoms with E-state index in [1.807, 2.05) is 38.1 Å². The third-order valence-electron chi connectivity index (χ3n) is 6.74. The number of rotatable bonds is 12. The van der Waals surface area contributed by atoms with Gasteiger partial charge in [-0.15, -0.1) is 34.5 Å². The summed E-state index contributed by atoms with van der Waals surface area (Å²) >= 11 is 15.1. The fourth-order valence-electron chi connectivity index (χ4n) is 4.98. The molecule has 1 fully saturated rings. The number of alkyl halides is 2. The summed E-state index contributed by atoms with van der Waals surface area (Å²) in [5, 5.41) is 10.5. The summed E-state index contributed by atoms with van der Waals surface area (Å²) in [4.78, 5) is 14.0. The van der Waals surface area contributed by atoms with Crippen molar-refractivity contribution < 1.29 is 14.6 Å². The molecule has 1 N–H and O–H groups in total. The van der Waals surface area contributed by atoms with Gasteiger partial charge in [-0.25, -0.2) is 4.79 Å². The molecule has 0 aliphatic heterocycles. The van der Waals surface area contributed by atoms with Crippen LogP contribution in [0, 0.1) is 5.92 Å². The normalized spacial score (nSPS) is 20.6. The zero-order chi connectivity index (χ0) is 24.7. The quantitative estimate of drug-likeness (QED) is 0.171. The van der Waals surface area contributed by atoms with Gasteiger partial charge in [0.15, 0.2) is 0 Å². The molecule has 1 heterocycles. The van der Waals surface area contributed by atoms with Crippen molar-refractivity contribution in [1.29, 1.82) is 0 Å². The molecule has 1 aliphatic rings. The van der Waals surface area contributed by atoms with Gasteiger partial charge in [0.05, 0.1) is 12.2 Å². The number of aryl methyl sites for hydroxylation is 1. The van der Waals surface area contributed by atoms with Crippen molar-refractivity contribution in [2.45, 2.75) is 101 Å². The Hall–Kier alpha value is -1.07. The average molecular weight is 526 g/mol. The minimum Gasteiger partial charge on any atom is -0.459 e. The molecule has 188 valence electrons. The first-order valence-electron chi connectivity index (χ1n) is 12.7. The number of hydrogen-bond donors (Lipinski definition) is 1. The lowest BCUT2D eigenvalue weighted by molar-refractivity contribution is 0.0384. The molecule has 1 saturated carbocycles. The Morgan fingerprint density at radius 2 is 1.88 bits per heavy atom. The number of aliphatic hydroxyl groups is 1. The molecule has 1 aromatic heterocycles. The van der Waals surface area contributed by atoms with Crippen LogP contribution < -0.4 is 0 Å². The Morgan fingerprint density at radius 1 is 1.15 bits per heavy atom. The van der Waals surface area contributed by atoms with Crippen molar-refractivity contribution in [3.05, 3.63) is 57.3 Å². The number of carbonyl (C=O) groups excluding carboxylic acids is 1. The van der Waals surface area contributed by atoms with Crippen molar-refractivity contribution in [3.8, 4) is 0 Å². The van der Waals surface area contributed by atoms with Crippen LogP contribution in [0.2, 0.25) is 0 Å². The second-order valence-corrected chi connectivity index (χ2v) is 12.5. The van der Waals surface area contributed by atoms with Gasteiger partial charge in [0.25, 0.3) is 0 Å². The molecule has 2 aromatic rings. The Kier molecular flexibility index (Phi) is 10.3. The van der Waals surface area contributed by atoms with Gasteiger partial charge in [-0.1, -0.05) is 50.5 Å². The SMILES string of the molecule is CCCCCC(O)c1ccc([C@@H]2[C@@H](CCCc3ccc(C(=O)OC(C)C)s3)CCC2(Cl)Cl)cc1. The van der Waals surface area contributed by atoms with Crippen molar-refractivity contribution in [1.82, 2.24) is 0 Å². The maximum absolute atomic E-state index is 12.1. The van der Waals surface area contributed by atoms with E-state index in [0.29, 0.717) is 10.8 Å². The molecule has 1 aliphatic carbocycles. The van der Waals surface area contributed by atoms with Gasteiger partial charge >= 0.3 is 5.97 Å². The zero-order valence-electron chi connectivity index (χ0n) is 20.6. The average Bonchev–Trinajstić information content (AvgIpc) is 3.38. The van der Waals surface area contributed by atoms with Crippen LogP contribution in [-0.4, -0.2) is 21.5 Å². The van der Waals surface area contributed by atoms with Crippen LogP contribution in [0.15, 0.2) is 36.4 Å². The van der Waals surface area contributed by atoms with Gasteiger partial charge in [0, 0.05) is 10.8 Å². The van der Waals surface area contributed by atoms with E-state index in [9.17, 15) is 9.90 Å². The number of carbonyl (C=O) groups is 1. The van der Waals surface area contributed by atoms with E-state index in [4.69, 9.17) is 27.9 Å². The molecule has 3 nitrogen and oxygen atoms in total. The van der Waals surface area contributed by atoms with Gasteiger partial charge in [0.2, 0.25) is 0 Å². The van der Waals surface area contributed by atoms with E-state index >= 15 is 0 Å². The highest BCUT2D eigenvalue weighted by Crippen LogP contribution is 2.55. The van der Waals surface area contributed by atoms with E-state index in [2.05, 4.69) is 19.1 Å². The maximum Gasteiger partial charge on any atom is 0.348 e. The lowest BCUT2D eigenvalue weighted by atomic mass is 9.84. The molecule has 1 unspecified atom stereocenters. The van der Waals surface area contributed by atoms with Gasteiger partial charge in [-0.3, -0.25) is 0 Å². The first kappa shape index (κ1) is 27.5. The van der Waals surface area contributed by atoms with Crippen LogP contribution in [0.4, 0.5) is 0 Å². The number of benzene rings is 1. The molecule has 3 rings (SSSR count). The molecule has 0 spiro atoms. The summed E-state index contributed by atoms with van der Waals surface area (Å²) in [5.41, 5.74) is 2.13. The zero-order valence-corrected chi connectivity index (χ0v) is 22.9. The number of aliphatic hydroxyl groups excluding tert-OH is 1. The summed E-state index contributed by atoms with van der Waals surface area (Å²) in [7, 11) is 0. The monoisotopic (exact) mass is 524 g/mol. The third-order valence-corrected chi connectivity index (χ3v) is 8.71. The second kappa shape index (κ2) is 12.8. The molecule has 0 radical (unpaired) electrons. The minimum absolute atomic E-state index is 0.0852. The lowest BCUT2D eigenvalue weighted by Gasteiger charge is -2.28. The van der Waals surface area contributed by atoms with Crippen LogP contribution in [0.25, 0.3) is 0 Å². The fourth-order valence-corrected chi connectivity index (χ4v) is 6.74. The van der Waals surface area contributed by atoms with Gasteiger partial charge < -0.3 is 9.84 Å². The lowest BCUT2D eigenvalue weighted by Crippen LogP contribution is -2.21. The smallest absolute Gasteiger partial charge is 0.348 e. The Labute approximate surface area is 218 Å². The van der Waals surface area contributed by atoms with Gasteiger partial charge in [-0.05, 0) is 81.5 Å². The number of hydrogen-bond acceptors (Lipinski definition) is 4. The highest BCUT2D eigenvalue weighted by atomic mass is 35.5. The van der Waals surface area contributed by atoms with Crippen molar-refractivity contribution in [2.24, 2.45) is 5.92 Å². The minimum atomic E-state index is -0.761. The van der Waals surface area contributed by atoms with Gasteiger partial charge in [-0.2, -0.15) is 0 Å². The molecular formula is C28H38Cl2O3S. The molecule has 0 saturated heterocycles. The Morgan fingerprint density at radius 3 is 2.56 bits per heavy atom.